The summed E-state index contributed by atoms with van der Waals surface area (Å²) < 4.78 is 11.7. The molecule has 1 unspecified atom stereocenters. The van der Waals surface area contributed by atoms with Crippen LogP contribution >= 0.6 is 22.9 Å². The molecule has 0 spiro atoms. The van der Waals surface area contributed by atoms with Crippen molar-refractivity contribution in [1.82, 2.24) is 0 Å². The van der Waals surface area contributed by atoms with Gasteiger partial charge in [-0.15, -0.1) is 11.3 Å². The van der Waals surface area contributed by atoms with E-state index in [0.717, 1.165) is 12.0 Å². The molecule has 2 rings (SSSR count). The minimum atomic E-state index is -0.596. The van der Waals surface area contributed by atoms with E-state index in [9.17, 15) is 4.79 Å². The zero-order valence-corrected chi connectivity index (χ0v) is 13.8. The van der Waals surface area contributed by atoms with Gasteiger partial charge in [-0.25, -0.2) is 0 Å². The highest BCUT2D eigenvalue weighted by Gasteiger charge is 2.20. The van der Waals surface area contributed by atoms with Gasteiger partial charge in [0.15, 0.2) is 17.6 Å². The lowest BCUT2D eigenvalue weighted by atomic mass is 10.1. The Morgan fingerprint density at radius 1 is 1.29 bits per heavy atom. The predicted octanol–water partition coefficient (Wildman–Crippen LogP) is 4.62. The van der Waals surface area contributed by atoms with Crippen molar-refractivity contribution in [1.29, 1.82) is 0 Å². The van der Waals surface area contributed by atoms with Crippen LogP contribution in [0.1, 0.15) is 29.1 Å². The van der Waals surface area contributed by atoms with Gasteiger partial charge >= 0.3 is 0 Å². The Bertz CT molecular complexity index is 636. The van der Waals surface area contributed by atoms with Gasteiger partial charge in [0.1, 0.15) is 0 Å². The molecule has 0 aliphatic rings. The standard InChI is InChI=1S/C16H17ClO3S/c1-4-11-5-6-12(13(9-11)19-3)20-10(2)16(18)14-7-8-15(17)21-14/h5-10H,4H2,1-3H3. The van der Waals surface area contributed by atoms with E-state index in [0.29, 0.717) is 20.7 Å². The Hall–Kier alpha value is -1.52. The van der Waals surface area contributed by atoms with Crippen LogP contribution in [-0.4, -0.2) is 19.0 Å². The Kier molecular flexibility index (Phi) is 5.26. The lowest BCUT2D eigenvalue weighted by molar-refractivity contribution is 0.0818. The molecule has 1 aromatic carbocycles. The maximum absolute atomic E-state index is 12.3. The largest absolute Gasteiger partial charge is 0.493 e. The molecule has 0 saturated heterocycles. The number of aryl methyl sites for hydroxylation is 1. The minimum absolute atomic E-state index is 0.0893. The number of methoxy groups -OCH3 is 1. The third-order valence-corrected chi connectivity index (χ3v) is 4.37. The van der Waals surface area contributed by atoms with Gasteiger partial charge in [-0.1, -0.05) is 24.6 Å². The van der Waals surface area contributed by atoms with Crippen molar-refractivity contribution in [3.8, 4) is 11.5 Å². The highest BCUT2D eigenvalue weighted by Crippen LogP contribution is 2.30. The van der Waals surface area contributed by atoms with Crippen LogP contribution < -0.4 is 9.47 Å². The van der Waals surface area contributed by atoms with Crippen LogP contribution in [0.5, 0.6) is 11.5 Å². The van der Waals surface area contributed by atoms with Crippen molar-refractivity contribution >= 4 is 28.7 Å². The van der Waals surface area contributed by atoms with Gasteiger partial charge in [0.2, 0.25) is 5.78 Å². The van der Waals surface area contributed by atoms with Gasteiger partial charge in [-0.05, 0) is 43.2 Å². The Balaban J connectivity index is 2.15. The minimum Gasteiger partial charge on any atom is -0.493 e. The molecular formula is C16H17ClO3S. The van der Waals surface area contributed by atoms with Crippen LogP contribution in [0.15, 0.2) is 30.3 Å². The normalized spacial score (nSPS) is 12.0. The number of carbonyl (C=O) groups excluding carboxylic acids is 1. The topological polar surface area (TPSA) is 35.5 Å². The molecule has 1 heterocycles. The van der Waals surface area contributed by atoms with Gasteiger partial charge in [0, 0.05) is 0 Å². The average molecular weight is 325 g/mol. The molecule has 112 valence electrons. The van der Waals surface area contributed by atoms with Crippen molar-refractivity contribution < 1.29 is 14.3 Å². The third-order valence-electron chi connectivity index (χ3n) is 3.13. The first kappa shape index (κ1) is 15.9. The highest BCUT2D eigenvalue weighted by molar-refractivity contribution is 7.18. The average Bonchev–Trinajstić information content (AvgIpc) is 2.93. The molecule has 1 atom stereocenters. The van der Waals surface area contributed by atoms with E-state index in [1.54, 1.807) is 26.2 Å². The molecule has 1 aromatic heterocycles. The lowest BCUT2D eigenvalue weighted by Gasteiger charge is -2.16. The Morgan fingerprint density at radius 3 is 2.62 bits per heavy atom. The number of benzene rings is 1. The molecule has 0 N–H and O–H groups in total. The number of hydrogen-bond donors (Lipinski definition) is 0. The van der Waals surface area contributed by atoms with Gasteiger partial charge in [0.25, 0.3) is 0 Å². The summed E-state index contributed by atoms with van der Waals surface area (Å²) in [7, 11) is 1.59. The quantitative estimate of drug-likeness (QED) is 0.727. The summed E-state index contributed by atoms with van der Waals surface area (Å²) in [4.78, 5) is 12.9. The fourth-order valence-electron chi connectivity index (χ4n) is 1.92. The smallest absolute Gasteiger partial charge is 0.212 e. The van der Waals surface area contributed by atoms with Crippen LogP contribution in [-0.2, 0) is 6.42 Å². The third kappa shape index (κ3) is 3.77. The van der Waals surface area contributed by atoms with Crippen molar-refractivity contribution in [2.75, 3.05) is 7.11 Å². The molecule has 0 aliphatic carbocycles. The summed E-state index contributed by atoms with van der Waals surface area (Å²) in [5.41, 5.74) is 1.16. The first-order chi connectivity index (χ1) is 10.0. The molecule has 5 heteroatoms. The number of hydrogen-bond acceptors (Lipinski definition) is 4. The summed E-state index contributed by atoms with van der Waals surface area (Å²) in [5, 5.41) is 0. The second-order valence-corrected chi connectivity index (χ2v) is 6.28. The second-order valence-electron chi connectivity index (χ2n) is 4.57. The van der Waals surface area contributed by atoms with Crippen LogP contribution in [0.4, 0.5) is 0 Å². The van der Waals surface area contributed by atoms with Crippen LogP contribution in [0.3, 0.4) is 0 Å². The fraction of sp³-hybridized carbons (Fsp3) is 0.312. The number of thiophene rings is 1. The molecule has 3 nitrogen and oxygen atoms in total. The number of Topliss-reactive ketones (excluding diaryl/α,β-unsaturated/α-hetero) is 1. The summed E-state index contributed by atoms with van der Waals surface area (Å²) in [6.45, 7) is 3.80. The van der Waals surface area contributed by atoms with E-state index in [1.165, 1.54) is 11.3 Å². The number of carbonyl (C=O) groups is 1. The number of ketones is 1. The van der Waals surface area contributed by atoms with E-state index in [4.69, 9.17) is 21.1 Å². The van der Waals surface area contributed by atoms with Gasteiger partial charge in [-0.3, -0.25) is 4.79 Å². The zero-order valence-electron chi connectivity index (χ0n) is 12.2. The van der Waals surface area contributed by atoms with Crippen LogP contribution in [0, 0.1) is 0 Å². The van der Waals surface area contributed by atoms with E-state index < -0.39 is 6.10 Å². The van der Waals surface area contributed by atoms with Crippen LogP contribution in [0.25, 0.3) is 0 Å². The highest BCUT2D eigenvalue weighted by atomic mass is 35.5. The molecule has 0 saturated carbocycles. The molecule has 21 heavy (non-hydrogen) atoms. The maximum atomic E-state index is 12.3. The Labute approximate surface area is 133 Å². The van der Waals surface area contributed by atoms with Gasteiger partial charge in [-0.2, -0.15) is 0 Å². The van der Waals surface area contributed by atoms with Crippen molar-refractivity contribution in [3.05, 3.63) is 45.1 Å². The molecule has 2 aromatic rings. The lowest BCUT2D eigenvalue weighted by Crippen LogP contribution is -2.23. The second kappa shape index (κ2) is 6.96. The monoisotopic (exact) mass is 324 g/mol. The molecule has 0 aliphatic heterocycles. The molecular weight excluding hydrogens is 308 g/mol. The van der Waals surface area contributed by atoms with E-state index in [2.05, 4.69) is 6.92 Å². The zero-order chi connectivity index (χ0) is 15.4. The molecule has 0 radical (unpaired) electrons. The summed E-state index contributed by atoms with van der Waals surface area (Å²) >= 11 is 7.11. The molecule has 0 amide bonds. The van der Waals surface area contributed by atoms with Crippen LogP contribution in [0.2, 0.25) is 4.34 Å². The maximum Gasteiger partial charge on any atom is 0.212 e. The molecule has 0 bridgehead atoms. The molecule has 0 fully saturated rings. The first-order valence-electron chi connectivity index (χ1n) is 6.68. The van der Waals surface area contributed by atoms with Gasteiger partial charge in [0.05, 0.1) is 16.3 Å². The first-order valence-corrected chi connectivity index (χ1v) is 7.87. The summed E-state index contributed by atoms with van der Waals surface area (Å²) in [6, 6.07) is 9.16. The summed E-state index contributed by atoms with van der Waals surface area (Å²) in [5.74, 6) is 1.12. The fourth-order valence-corrected chi connectivity index (χ4v) is 2.98. The Morgan fingerprint density at radius 2 is 2.05 bits per heavy atom. The van der Waals surface area contributed by atoms with E-state index in [1.807, 2.05) is 18.2 Å². The van der Waals surface area contributed by atoms with Crippen molar-refractivity contribution in [3.63, 3.8) is 0 Å². The predicted molar refractivity (Wildman–Crippen MR) is 86.1 cm³/mol. The van der Waals surface area contributed by atoms with Gasteiger partial charge < -0.3 is 9.47 Å². The summed E-state index contributed by atoms with van der Waals surface area (Å²) in [6.07, 6.45) is 0.319. The number of halogens is 1. The van der Waals surface area contributed by atoms with Crippen molar-refractivity contribution in [2.24, 2.45) is 0 Å². The number of ether oxygens (including phenoxy) is 2. The van der Waals surface area contributed by atoms with Crippen molar-refractivity contribution in [2.45, 2.75) is 26.4 Å². The SMILES string of the molecule is CCc1ccc(OC(C)C(=O)c2ccc(Cl)s2)c(OC)c1. The van der Waals surface area contributed by atoms with E-state index >= 15 is 0 Å². The van der Waals surface area contributed by atoms with E-state index in [-0.39, 0.29) is 5.78 Å². The number of rotatable bonds is 6.